The van der Waals surface area contributed by atoms with Gasteiger partial charge in [-0.15, -0.1) is 0 Å². The lowest BCUT2D eigenvalue weighted by atomic mass is 9.79. The van der Waals surface area contributed by atoms with Gasteiger partial charge >= 0.3 is 0 Å². The van der Waals surface area contributed by atoms with Crippen molar-refractivity contribution in [3.05, 3.63) is 0 Å². The number of hydrogen-bond acceptors (Lipinski definition) is 3. The number of rotatable bonds is 8. The highest BCUT2D eigenvalue weighted by Gasteiger charge is 2.34. The van der Waals surface area contributed by atoms with E-state index in [1.165, 1.54) is 25.9 Å². The summed E-state index contributed by atoms with van der Waals surface area (Å²) in [6.07, 6.45) is 2.39. The third kappa shape index (κ3) is 5.80. The van der Waals surface area contributed by atoms with Crippen LogP contribution in [0, 0.1) is 11.3 Å². The Bertz CT molecular complexity index is 235. The van der Waals surface area contributed by atoms with Crippen molar-refractivity contribution in [2.75, 3.05) is 39.4 Å². The molecule has 1 N–H and O–H groups in total. The molecule has 1 rings (SSSR count). The summed E-state index contributed by atoms with van der Waals surface area (Å²) in [6.45, 7) is 17.9. The Kier molecular flexibility index (Phi) is 7.33. The molecule has 0 aromatic heterocycles. The summed E-state index contributed by atoms with van der Waals surface area (Å²) in [7, 11) is 0. The molecule has 0 aliphatic carbocycles. The van der Waals surface area contributed by atoms with Gasteiger partial charge in [-0.2, -0.15) is 0 Å². The zero-order valence-electron chi connectivity index (χ0n) is 13.7. The minimum atomic E-state index is 0.410. The SMILES string of the molecule is CCNCC1(CN(CC(C)C)C(C)C)CCOCC1. The van der Waals surface area contributed by atoms with E-state index >= 15 is 0 Å². The van der Waals surface area contributed by atoms with Gasteiger partial charge in [-0.05, 0) is 44.6 Å². The lowest BCUT2D eigenvalue weighted by molar-refractivity contribution is -0.0113. The van der Waals surface area contributed by atoms with Gasteiger partial charge in [0.05, 0.1) is 0 Å². The molecule has 0 bridgehead atoms. The summed E-state index contributed by atoms with van der Waals surface area (Å²) < 4.78 is 5.58. The van der Waals surface area contributed by atoms with Crippen molar-refractivity contribution in [2.24, 2.45) is 11.3 Å². The highest BCUT2D eigenvalue weighted by atomic mass is 16.5. The van der Waals surface area contributed by atoms with Gasteiger partial charge in [0, 0.05) is 38.9 Å². The van der Waals surface area contributed by atoms with Crippen LogP contribution in [0.2, 0.25) is 0 Å². The van der Waals surface area contributed by atoms with E-state index in [0.29, 0.717) is 11.5 Å². The average molecular weight is 270 g/mol. The second-order valence-corrected chi connectivity index (χ2v) is 6.81. The monoisotopic (exact) mass is 270 g/mol. The van der Waals surface area contributed by atoms with E-state index in [1.807, 2.05) is 0 Å². The summed E-state index contributed by atoms with van der Waals surface area (Å²) in [6, 6.07) is 0.628. The molecule has 1 fully saturated rings. The first-order valence-electron chi connectivity index (χ1n) is 8.01. The maximum absolute atomic E-state index is 5.58. The zero-order valence-corrected chi connectivity index (χ0v) is 13.7. The summed E-state index contributed by atoms with van der Waals surface area (Å²) in [5.41, 5.74) is 0.410. The Morgan fingerprint density at radius 1 is 1.16 bits per heavy atom. The molecule has 1 heterocycles. The van der Waals surface area contributed by atoms with Crippen LogP contribution in [0.25, 0.3) is 0 Å². The molecule has 1 aliphatic heterocycles. The van der Waals surface area contributed by atoms with E-state index in [2.05, 4.69) is 44.8 Å². The van der Waals surface area contributed by atoms with Gasteiger partial charge in [-0.1, -0.05) is 20.8 Å². The van der Waals surface area contributed by atoms with Crippen molar-refractivity contribution >= 4 is 0 Å². The molecular formula is C16H34N2O. The Hall–Kier alpha value is -0.120. The summed E-state index contributed by atoms with van der Waals surface area (Å²) in [5, 5.41) is 3.57. The maximum atomic E-state index is 5.58. The summed E-state index contributed by atoms with van der Waals surface area (Å²) in [5.74, 6) is 0.735. The number of nitrogens with zero attached hydrogens (tertiary/aromatic N) is 1. The minimum absolute atomic E-state index is 0.410. The normalized spacial score (nSPS) is 19.6. The van der Waals surface area contributed by atoms with E-state index in [0.717, 1.165) is 32.2 Å². The maximum Gasteiger partial charge on any atom is 0.0472 e. The molecule has 0 atom stereocenters. The highest BCUT2D eigenvalue weighted by Crippen LogP contribution is 2.31. The van der Waals surface area contributed by atoms with Crippen molar-refractivity contribution in [3.63, 3.8) is 0 Å². The quantitative estimate of drug-likeness (QED) is 0.734. The molecule has 1 saturated heterocycles. The van der Waals surface area contributed by atoms with Gasteiger partial charge in [0.15, 0.2) is 0 Å². The first-order valence-corrected chi connectivity index (χ1v) is 8.01. The Balaban J connectivity index is 2.67. The summed E-state index contributed by atoms with van der Waals surface area (Å²) in [4.78, 5) is 2.66. The van der Waals surface area contributed by atoms with E-state index in [4.69, 9.17) is 4.74 Å². The van der Waals surface area contributed by atoms with Gasteiger partial charge in [-0.25, -0.2) is 0 Å². The molecule has 0 unspecified atom stereocenters. The molecule has 3 heteroatoms. The Morgan fingerprint density at radius 3 is 2.26 bits per heavy atom. The van der Waals surface area contributed by atoms with Crippen LogP contribution in [0.5, 0.6) is 0 Å². The van der Waals surface area contributed by atoms with Crippen LogP contribution >= 0.6 is 0 Å². The fourth-order valence-electron chi connectivity index (χ4n) is 2.94. The molecule has 0 aromatic rings. The predicted molar refractivity (Wildman–Crippen MR) is 82.6 cm³/mol. The van der Waals surface area contributed by atoms with Gasteiger partial charge in [0.2, 0.25) is 0 Å². The zero-order chi connectivity index (χ0) is 14.3. The molecule has 0 saturated carbocycles. The number of hydrogen-bond donors (Lipinski definition) is 1. The molecule has 0 radical (unpaired) electrons. The molecule has 0 spiro atoms. The molecular weight excluding hydrogens is 236 g/mol. The van der Waals surface area contributed by atoms with Crippen LogP contribution in [0.3, 0.4) is 0 Å². The van der Waals surface area contributed by atoms with Crippen molar-refractivity contribution in [1.29, 1.82) is 0 Å². The van der Waals surface area contributed by atoms with Gasteiger partial charge < -0.3 is 15.0 Å². The summed E-state index contributed by atoms with van der Waals surface area (Å²) >= 11 is 0. The van der Waals surface area contributed by atoms with Crippen molar-refractivity contribution in [1.82, 2.24) is 10.2 Å². The second-order valence-electron chi connectivity index (χ2n) is 6.81. The molecule has 114 valence electrons. The second kappa shape index (κ2) is 8.23. The van der Waals surface area contributed by atoms with E-state index < -0.39 is 0 Å². The Morgan fingerprint density at radius 2 is 1.79 bits per heavy atom. The number of ether oxygens (including phenoxy) is 1. The predicted octanol–water partition coefficient (Wildman–Crippen LogP) is 2.76. The lowest BCUT2D eigenvalue weighted by Crippen LogP contribution is -2.50. The molecule has 1 aliphatic rings. The fraction of sp³-hybridized carbons (Fsp3) is 1.00. The van der Waals surface area contributed by atoms with Crippen LogP contribution in [-0.4, -0.2) is 50.3 Å². The van der Waals surface area contributed by atoms with Crippen molar-refractivity contribution in [2.45, 2.75) is 53.5 Å². The van der Waals surface area contributed by atoms with E-state index in [9.17, 15) is 0 Å². The van der Waals surface area contributed by atoms with Gasteiger partial charge in [0.25, 0.3) is 0 Å². The lowest BCUT2D eigenvalue weighted by Gasteiger charge is -2.43. The van der Waals surface area contributed by atoms with Crippen LogP contribution in [-0.2, 0) is 4.74 Å². The first-order chi connectivity index (χ1) is 8.99. The average Bonchev–Trinajstić information content (AvgIpc) is 2.36. The third-order valence-electron chi connectivity index (χ3n) is 4.17. The standard InChI is InChI=1S/C16H34N2O/c1-6-17-12-16(7-9-19-10-8-16)13-18(15(4)5)11-14(2)3/h14-15,17H,6-13H2,1-5H3. The van der Waals surface area contributed by atoms with Crippen LogP contribution in [0.15, 0.2) is 0 Å². The molecule has 0 amide bonds. The van der Waals surface area contributed by atoms with Gasteiger partial charge in [0.1, 0.15) is 0 Å². The third-order valence-corrected chi connectivity index (χ3v) is 4.17. The first kappa shape index (κ1) is 16.9. The van der Waals surface area contributed by atoms with Crippen LogP contribution in [0.4, 0.5) is 0 Å². The highest BCUT2D eigenvalue weighted by molar-refractivity contribution is 4.88. The smallest absolute Gasteiger partial charge is 0.0472 e. The van der Waals surface area contributed by atoms with Crippen molar-refractivity contribution in [3.8, 4) is 0 Å². The van der Waals surface area contributed by atoms with Crippen LogP contribution < -0.4 is 5.32 Å². The topological polar surface area (TPSA) is 24.5 Å². The van der Waals surface area contributed by atoms with Gasteiger partial charge in [-0.3, -0.25) is 0 Å². The fourth-order valence-corrected chi connectivity index (χ4v) is 2.94. The van der Waals surface area contributed by atoms with Crippen LogP contribution in [0.1, 0.15) is 47.5 Å². The largest absolute Gasteiger partial charge is 0.381 e. The van der Waals surface area contributed by atoms with Crippen molar-refractivity contribution < 1.29 is 4.74 Å². The molecule has 19 heavy (non-hydrogen) atoms. The van der Waals surface area contributed by atoms with E-state index in [-0.39, 0.29) is 0 Å². The number of nitrogens with one attached hydrogen (secondary N) is 1. The Labute approximate surface area is 120 Å². The molecule has 0 aromatic carbocycles. The minimum Gasteiger partial charge on any atom is -0.381 e. The molecule has 3 nitrogen and oxygen atoms in total. The van der Waals surface area contributed by atoms with E-state index in [1.54, 1.807) is 0 Å².